The highest BCUT2D eigenvalue weighted by atomic mass is 127. The van der Waals surface area contributed by atoms with E-state index in [1.807, 2.05) is 6.07 Å². The molecule has 0 bridgehead atoms. The zero-order valence-electron chi connectivity index (χ0n) is 16.8. The number of benzene rings is 1. The van der Waals surface area contributed by atoms with Crippen molar-refractivity contribution >= 4 is 47.4 Å². The van der Waals surface area contributed by atoms with Gasteiger partial charge in [0, 0.05) is 39.3 Å². The number of nitrogens with zero attached hydrogens (tertiary/aromatic N) is 2. The third-order valence-electron chi connectivity index (χ3n) is 4.90. The molecule has 1 aromatic carbocycles. The maximum absolute atomic E-state index is 12.1. The minimum absolute atomic E-state index is 0. The van der Waals surface area contributed by atoms with Gasteiger partial charge in [-0.15, -0.1) is 24.0 Å². The van der Waals surface area contributed by atoms with Crippen molar-refractivity contribution in [3.05, 3.63) is 34.9 Å². The van der Waals surface area contributed by atoms with Crippen LogP contribution < -0.4 is 16.0 Å². The second kappa shape index (κ2) is 14.0. The molecule has 28 heavy (non-hydrogen) atoms. The SMILES string of the molecule is CN=C(NCCCN1CCCCC1C)NCCNC(=O)c1ccccc1Cl.I. The topological polar surface area (TPSA) is 68.8 Å². The van der Waals surface area contributed by atoms with E-state index >= 15 is 0 Å². The molecule has 1 aliphatic rings. The summed E-state index contributed by atoms with van der Waals surface area (Å²) in [4.78, 5) is 18.9. The van der Waals surface area contributed by atoms with E-state index in [1.165, 1.54) is 25.8 Å². The monoisotopic (exact) mass is 521 g/mol. The van der Waals surface area contributed by atoms with Gasteiger partial charge in [-0.25, -0.2) is 0 Å². The van der Waals surface area contributed by atoms with E-state index < -0.39 is 0 Å². The number of aliphatic imine (C=N–C) groups is 1. The number of nitrogens with one attached hydrogen (secondary N) is 3. The van der Waals surface area contributed by atoms with Gasteiger partial charge < -0.3 is 20.9 Å². The lowest BCUT2D eigenvalue weighted by molar-refractivity contribution is 0.0954. The number of halogens is 2. The molecule has 1 heterocycles. The highest BCUT2D eigenvalue weighted by Gasteiger charge is 2.17. The Balaban J connectivity index is 0.00000392. The first kappa shape index (κ1) is 25.0. The number of rotatable bonds is 8. The normalized spacial score (nSPS) is 17.5. The molecule has 0 saturated carbocycles. The number of piperidine rings is 1. The van der Waals surface area contributed by atoms with Crippen LogP contribution in [0.1, 0.15) is 43.0 Å². The maximum atomic E-state index is 12.1. The largest absolute Gasteiger partial charge is 0.356 e. The van der Waals surface area contributed by atoms with Crippen molar-refractivity contribution in [2.45, 2.75) is 38.6 Å². The summed E-state index contributed by atoms with van der Waals surface area (Å²) >= 11 is 6.03. The third kappa shape index (κ3) is 8.53. The Kier molecular flexibility index (Phi) is 12.5. The van der Waals surface area contributed by atoms with E-state index in [9.17, 15) is 4.79 Å². The highest BCUT2D eigenvalue weighted by molar-refractivity contribution is 14.0. The van der Waals surface area contributed by atoms with E-state index in [2.05, 4.69) is 32.8 Å². The lowest BCUT2D eigenvalue weighted by Gasteiger charge is -2.33. The molecule has 0 aliphatic carbocycles. The average molecular weight is 522 g/mol. The summed E-state index contributed by atoms with van der Waals surface area (Å²) in [5.41, 5.74) is 0.494. The molecule has 8 heteroatoms. The summed E-state index contributed by atoms with van der Waals surface area (Å²) in [7, 11) is 1.75. The van der Waals surface area contributed by atoms with Gasteiger partial charge in [-0.2, -0.15) is 0 Å². The van der Waals surface area contributed by atoms with Crippen LogP contribution in [0.15, 0.2) is 29.3 Å². The maximum Gasteiger partial charge on any atom is 0.252 e. The molecule has 1 saturated heterocycles. The van der Waals surface area contributed by atoms with Crippen LogP contribution in [-0.2, 0) is 0 Å². The molecule has 6 nitrogen and oxygen atoms in total. The Bertz CT molecular complexity index is 628. The van der Waals surface area contributed by atoms with Crippen molar-refractivity contribution < 1.29 is 4.79 Å². The molecule has 2 rings (SSSR count). The fraction of sp³-hybridized carbons (Fsp3) is 0.600. The summed E-state index contributed by atoms with van der Waals surface area (Å²) in [6.07, 6.45) is 5.09. The van der Waals surface area contributed by atoms with Crippen molar-refractivity contribution in [1.82, 2.24) is 20.9 Å². The zero-order valence-corrected chi connectivity index (χ0v) is 19.9. The van der Waals surface area contributed by atoms with Crippen LogP contribution in [0, 0.1) is 0 Å². The molecule has 1 aromatic rings. The van der Waals surface area contributed by atoms with E-state index in [0.717, 1.165) is 25.5 Å². The van der Waals surface area contributed by atoms with Crippen molar-refractivity contribution in [1.29, 1.82) is 0 Å². The lowest BCUT2D eigenvalue weighted by atomic mass is 10.0. The van der Waals surface area contributed by atoms with Gasteiger partial charge in [0.2, 0.25) is 0 Å². The van der Waals surface area contributed by atoms with Gasteiger partial charge >= 0.3 is 0 Å². The molecule has 1 unspecified atom stereocenters. The van der Waals surface area contributed by atoms with Crippen LogP contribution in [0.4, 0.5) is 0 Å². The molecule has 1 amide bonds. The number of guanidine groups is 1. The molecule has 0 spiro atoms. The summed E-state index contributed by atoms with van der Waals surface area (Å²) in [5.74, 6) is 0.592. The molecule has 0 radical (unpaired) electrons. The van der Waals surface area contributed by atoms with E-state index in [4.69, 9.17) is 11.6 Å². The zero-order chi connectivity index (χ0) is 19.5. The number of amides is 1. The molecule has 1 fully saturated rings. The molecule has 1 atom stereocenters. The lowest BCUT2D eigenvalue weighted by Crippen LogP contribution is -2.43. The molecule has 0 aromatic heterocycles. The number of likely N-dealkylation sites (tertiary alicyclic amines) is 1. The fourth-order valence-electron chi connectivity index (χ4n) is 3.30. The Morgan fingerprint density at radius 2 is 1.89 bits per heavy atom. The average Bonchev–Trinajstić information content (AvgIpc) is 2.68. The predicted octanol–water partition coefficient (Wildman–Crippen LogP) is 3.12. The molecule has 3 N–H and O–H groups in total. The van der Waals surface area contributed by atoms with E-state index in [-0.39, 0.29) is 29.9 Å². The minimum atomic E-state index is -0.166. The van der Waals surface area contributed by atoms with Crippen LogP contribution >= 0.6 is 35.6 Å². The summed E-state index contributed by atoms with van der Waals surface area (Å²) in [6, 6.07) is 7.75. The predicted molar refractivity (Wildman–Crippen MR) is 128 cm³/mol. The van der Waals surface area contributed by atoms with Gasteiger partial charge in [-0.1, -0.05) is 30.2 Å². The first-order valence-electron chi connectivity index (χ1n) is 9.83. The van der Waals surface area contributed by atoms with Gasteiger partial charge in [0.25, 0.3) is 5.91 Å². The van der Waals surface area contributed by atoms with Crippen molar-refractivity contribution in [2.75, 3.05) is 39.8 Å². The number of hydrogen-bond donors (Lipinski definition) is 3. The van der Waals surface area contributed by atoms with E-state index in [0.29, 0.717) is 29.7 Å². The molecule has 1 aliphatic heterocycles. The molecular formula is C20H33ClIN5O. The number of carbonyl (C=O) groups is 1. The quantitative estimate of drug-likeness (QED) is 0.213. The second-order valence-electron chi connectivity index (χ2n) is 6.90. The molecule has 158 valence electrons. The Morgan fingerprint density at radius 1 is 1.18 bits per heavy atom. The van der Waals surface area contributed by atoms with Gasteiger partial charge in [0.1, 0.15) is 0 Å². The van der Waals surface area contributed by atoms with Crippen LogP contribution in [0.2, 0.25) is 5.02 Å². The van der Waals surface area contributed by atoms with Gasteiger partial charge in [-0.05, 0) is 44.9 Å². The highest BCUT2D eigenvalue weighted by Crippen LogP contribution is 2.16. The number of hydrogen-bond acceptors (Lipinski definition) is 3. The van der Waals surface area contributed by atoms with Gasteiger partial charge in [-0.3, -0.25) is 9.79 Å². The van der Waals surface area contributed by atoms with Crippen molar-refractivity contribution in [3.8, 4) is 0 Å². The summed E-state index contributed by atoms with van der Waals surface area (Å²) in [5, 5.41) is 9.87. The molecular weight excluding hydrogens is 489 g/mol. The van der Waals surface area contributed by atoms with Crippen LogP contribution in [0.3, 0.4) is 0 Å². The first-order valence-corrected chi connectivity index (χ1v) is 10.2. The number of carbonyl (C=O) groups excluding carboxylic acids is 1. The fourth-order valence-corrected chi connectivity index (χ4v) is 3.52. The summed E-state index contributed by atoms with van der Waals surface area (Å²) < 4.78 is 0. The van der Waals surface area contributed by atoms with Gasteiger partial charge in [0.15, 0.2) is 5.96 Å². The third-order valence-corrected chi connectivity index (χ3v) is 5.23. The van der Waals surface area contributed by atoms with Crippen molar-refractivity contribution in [2.24, 2.45) is 4.99 Å². The Labute approximate surface area is 190 Å². The minimum Gasteiger partial charge on any atom is -0.356 e. The van der Waals surface area contributed by atoms with E-state index in [1.54, 1.807) is 25.2 Å². The Hall–Kier alpha value is -1.06. The smallest absolute Gasteiger partial charge is 0.252 e. The van der Waals surface area contributed by atoms with Crippen LogP contribution in [0.25, 0.3) is 0 Å². The standard InChI is InChI=1S/C20H32ClN5O.HI/c1-16-8-5-6-14-26(16)15-7-11-24-20(22-2)25-13-12-23-19(27)17-9-3-4-10-18(17)21;/h3-4,9-10,16H,5-8,11-15H2,1-2H3,(H,23,27)(H2,22,24,25);1H. The van der Waals surface area contributed by atoms with Crippen LogP contribution in [-0.4, -0.2) is 62.6 Å². The van der Waals surface area contributed by atoms with Crippen LogP contribution in [0.5, 0.6) is 0 Å². The summed E-state index contributed by atoms with van der Waals surface area (Å²) in [6.45, 7) is 6.65. The van der Waals surface area contributed by atoms with Gasteiger partial charge in [0.05, 0.1) is 10.6 Å². The Morgan fingerprint density at radius 3 is 2.61 bits per heavy atom. The second-order valence-corrected chi connectivity index (χ2v) is 7.30. The first-order chi connectivity index (χ1) is 13.1. The van der Waals surface area contributed by atoms with Crippen molar-refractivity contribution in [3.63, 3.8) is 0 Å².